The molecular weight excluding hydrogens is 392 g/mol. The highest BCUT2D eigenvalue weighted by Gasteiger charge is 2.33. The number of fused-ring (bicyclic) bond motifs is 1. The molecule has 3 aromatic heterocycles. The molecule has 5 heterocycles. The van der Waals surface area contributed by atoms with Crippen LogP contribution in [0.25, 0.3) is 11.5 Å². The SMILES string of the molecule is CCCn1cnnc1-c1cccc(N2Cc3c(cc(N4CCC4)nc3CNC)C2=O)n1. The van der Waals surface area contributed by atoms with E-state index in [2.05, 4.69) is 27.3 Å². The second kappa shape index (κ2) is 8.07. The summed E-state index contributed by atoms with van der Waals surface area (Å²) >= 11 is 0. The van der Waals surface area contributed by atoms with Crippen molar-refractivity contribution in [2.75, 3.05) is 29.9 Å². The fourth-order valence-corrected chi connectivity index (χ4v) is 4.11. The number of aryl methyl sites for hydroxylation is 1. The molecule has 0 spiro atoms. The van der Waals surface area contributed by atoms with E-state index in [4.69, 9.17) is 9.97 Å². The van der Waals surface area contributed by atoms with E-state index in [0.717, 1.165) is 48.7 Å². The van der Waals surface area contributed by atoms with Crippen LogP contribution in [0.1, 0.15) is 41.4 Å². The van der Waals surface area contributed by atoms with E-state index in [1.54, 1.807) is 11.2 Å². The molecule has 160 valence electrons. The number of aromatic nitrogens is 5. The van der Waals surface area contributed by atoms with E-state index in [-0.39, 0.29) is 5.91 Å². The Labute approximate surface area is 181 Å². The van der Waals surface area contributed by atoms with E-state index >= 15 is 0 Å². The Morgan fingerprint density at radius 3 is 2.77 bits per heavy atom. The fraction of sp³-hybridized carbons (Fsp3) is 0.409. The zero-order valence-corrected chi connectivity index (χ0v) is 17.9. The number of amides is 1. The predicted molar refractivity (Wildman–Crippen MR) is 118 cm³/mol. The lowest BCUT2D eigenvalue weighted by atomic mass is 10.1. The van der Waals surface area contributed by atoms with Gasteiger partial charge >= 0.3 is 0 Å². The van der Waals surface area contributed by atoms with Crippen molar-refractivity contribution in [3.8, 4) is 11.5 Å². The molecule has 0 aliphatic carbocycles. The van der Waals surface area contributed by atoms with Crippen LogP contribution in [0.15, 0.2) is 30.6 Å². The summed E-state index contributed by atoms with van der Waals surface area (Å²) in [5.74, 6) is 2.19. The summed E-state index contributed by atoms with van der Waals surface area (Å²) in [7, 11) is 1.90. The lowest BCUT2D eigenvalue weighted by Crippen LogP contribution is -2.38. The third-order valence-corrected chi connectivity index (χ3v) is 5.83. The quantitative estimate of drug-likeness (QED) is 0.629. The summed E-state index contributed by atoms with van der Waals surface area (Å²) in [4.78, 5) is 27.0. The molecule has 5 rings (SSSR count). The van der Waals surface area contributed by atoms with Crippen molar-refractivity contribution < 1.29 is 4.79 Å². The first-order valence-electron chi connectivity index (χ1n) is 10.8. The van der Waals surface area contributed by atoms with E-state index in [9.17, 15) is 4.79 Å². The second-order valence-electron chi connectivity index (χ2n) is 7.94. The van der Waals surface area contributed by atoms with Crippen LogP contribution in [0.4, 0.5) is 11.6 Å². The standard InChI is InChI=1S/C22H26N8O/c1-3-8-29-14-24-27-21(29)17-6-4-7-19(25-17)30-13-16-15(22(30)31)11-20(28-9-5-10-28)26-18(16)12-23-2/h4,6-7,11,14,23H,3,5,8-10,12-13H2,1-2H3. The zero-order chi connectivity index (χ0) is 21.4. The predicted octanol–water partition coefficient (Wildman–Crippen LogP) is 2.23. The van der Waals surface area contributed by atoms with Crippen LogP contribution in [0.5, 0.6) is 0 Å². The third-order valence-electron chi connectivity index (χ3n) is 5.83. The lowest BCUT2D eigenvalue weighted by Gasteiger charge is -2.32. The number of carbonyl (C=O) groups is 1. The maximum atomic E-state index is 13.4. The number of rotatable bonds is 7. The van der Waals surface area contributed by atoms with Gasteiger partial charge in [0.15, 0.2) is 5.82 Å². The molecule has 0 radical (unpaired) electrons. The number of carbonyl (C=O) groups excluding carboxylic acids is 1. The average molecular weight is 419 g/mol. The van der Waals surface area contributed by atoms with Crippen LogP contribution in [0.3, 0.4) is 0 Å². The topological polar surface area (TPSA) is 92.1 Å². The highest BCUT2D eigenvalue weighted by atomic mass is 16.2. The van der Waals surface area contributed by atoms with Gasteiger partial charge in [0.25, 0.3) is 5.91 Å². The van der Waals surface area contributed by atoms with Crippen molar-refractivity contribution in [3.63, 3.8) is 0 Å². The molecule has 0 unspecified atom stereocenters. The van der Waals surface area contributed by atoms with Crippen LogP contribution in [-0.4, -0.2) is 50.8 Å². The minimum Gasteiger partial charge on any atom is -0.356 e. The van der Waals surface area contributed by atoms with E-state index in [1.165, 1.54) is 6.42 Å². The molecule has 0 saturated carbocycles. The zero-order valence-electron chi connectivity index (χ0n) is 17.9. The third kappa shape index (κ3) is 3.44. The number of hydrogen-bond donors (Lipinski definition) is 1. The van der Waals surface area contributed by atoms with Crippen LogP contribution in [-0.2, 0) is 19.6 Å². The van der Waals surface area contributed by atoms with Gasteiger partial charge in [-0.25, -0.2) is 9.97 Å². The van der Waals surface area contributed by atoms with Gasteiger partial charge in [0.1, 0.15) is 23.7 Å². The smallest absolute Gasteiger partial charge is 0.260 e. The number of pyridine rings is 2. The molecule has 3 aromatic rings. The Morgan fingerprint density at radius 2 is 2.03 bits per heavy atom. The van der Waals surface area contributed by atoms with Crippen molar-refractivity contribution in [2.24, 2.45) is 0 Å². The number of anilines is 2. The molecule has 2 aliphatic heterocycles. The van der Waals surface area contributed by atoms with Gasteiger partial charge in [-0.3, -0.25) is 9.69 Å². The Hall–Kier alpha value is -3.33. The number of nitrogens with one attached hydrogen (secondary N) is 1. The highest BCUT2D eigenvalue weighted by Crippen LogP contribution is 2.33. The fourth-order valence-electron chi connectivity index (χ4n) is 4.11. The normalized spacial score (nSPS) is 15.4. The summed E-state index contributed by atoms with van der Waals surface area (Å²) in [5, 5.41) is 11.5. The van der Waals surface area contributed by atoms with Crippen LogP contribution in [0.2, 0.25) is 0 Å². The summed E-state index contributed by atoms with van der Waals surface area (Å²) in [5.41, 5.74) is 3.34. The Bertz CT molecular complexity index is 1120. The molecular formula is C22H26N8O. The Morgan fingerprint density at radius 1 is 1.16 bits per heavy atom. The minimum absolute atomic E-state index is 0.0313. The van der Waals surface area contributed by atoms with Crippen LogP contribution in [0, 0.1) is 0 Å². The summed E-state index contributed by atoms with van der Waals surface area (Å²) in [6.07, 6.45) is 3.86. The molecule has 1 amide bonds. The van der Waals surface area contributed by atoms with Crippen molar-refractivity contribution in [3.05, 3.63) is 47.4 Å². The monoisotopic (exact) mass is 418 g/mol. The molecule has 1 N–H and O–H groups in total. The number of nitrogens with zero attached hydrogens (tertiary/aromatic N) is 7. The first kappa shape index (κ1) is 19.6. The van der Waals surface area contributed by atoms with Crippen molar-refractivity contribution >= 4 is 17.5 Å². The number of hydrogen-bond acceptors (Lipinski definition) is 7. The van der Waals surface area contributed by atoms with Gasteiger partial charge in [-0.2, -0.15) is 0 Å². The summed E-state index contributed by atoms with van der Waals surface area (Å²) in [6, 6.07) is 7.63. The summed E-state index contributed by atoms with van der Waals surface area (Å²) < 4.78 is 1.99. The molecule has 0 aromatic carbocycles. The van der Waals surface area contributed by atoms with Gasteiger partial charge in [-0.05, 0) is 38.1 Å². The van der Waals surface area contributed by atoms with E-state index in [1.807, 2.05) is 35.9 Å². The lowest BCUT2D eigenvalue weighted by molar-refractivity contribution is 0.0996. The van der Waals surface area contributed by atoms with Gasteiger partial charge < -0.3 is 14.8 Å². The van der Waals surface area contributed by atoms with E-state index < -0.39 is 0 Å². The molecule has 1 fully saturated rings. The molecule has 0 atom stereocenters. The summed E-state index contributed by atoms with van der Waals surface area (Å²) in [6.45, 7) is 6.00. The van der Waals surface area contributed by atoms with Crippen molar-refractivity contribution in [1.82, 2.24) is 30.0 Å². The average Bonchev–Trinajstić information content (AvgIpc) is 3.33. The Balaban J connectivity index is 1.49. The van der Waals surface area contributed by atoms with Gasteiger partial charge in [0, 0.05) is 31.7 Å². The largest absolute Gasteiger partial charge is 0.356 e. The molecule has 9 nitrogen and oxygen atoms in total. The molecule has 9 heteroatoms. The maximum absolute atomic E-state index is 13.4. The highest BCUT2D eigenvalue weighted by molar-refractivity contribution is 6.10. The van der Waals surface area contributed by atoms with Crippen LogP contribution >= 0.6 is 0 Å². The Kier molecular flexibility index (Phi) is 5.11. The first-order chi connectivity index (χ1) is 15.2. The van der Waals surface area contributed by atoms with E-state index in [0.29, 0.717) is 30.4 Å². The van der Waals surface area contributed by atoms with Crippen molar-refractivity contribution in [2.45, 2.75) is 39.4 Å². The van der Waals surface area contributed by atoms with Gasteiger partial charge in [0.05, 0.1) is 17.8 Å². The molecule has 1 saturated heterocycles. The molecule has 0 bridgehead atoms. The van der Waals surface area contributed by atoms with Gasteiger partial charge in [-0.15, -0.1) is 10.2 Å². The second-order valence-corrected chi connectivity index (χ2v) is 7.94. The minimum atomic E-state index is -0.0313. The van der Waals surface area contributed by atoms with Crippen LogP contribution < -0.4 is 15.1 Å². The van der Waals surface area contributed by atoms with Gasteiger partial charge in [0.2, 0.25) is 0 Å². The first-order valence-corrected chi connectivity index (χ1v) is 10.8. The molecule has 2 aliphatic rings. The van der Waals surface area contributed by atoms with Crippen molar-refractivity contribution in [1.29, 1.82) is 0 Å². The van der Waals surface area contributed by atoms with Gasteiger partial charge in [-0.1, -0.05) is 13.0 Å². The maximum Gasteiger partial charge on any atom is 0.260 e. The molecule has 31 heavy (non-hydrogen) atoms.